The van der Waals surface area contributed by atoms with Gasteiger partial charge in [0.05, 0.1) is 4.92 Å². The number of rotatable bonds is 3. The predicted octanol–water partition coefficient (Wildman–Crippen LogP) is 2.11. The molecule has 0 saturated heterocycles. The van der Waals surface area contributed by atoms with E-state index in [1.54, 1.807) is 25.4 Å². The molecule has 2 rings (SSSR count). The van der Waals surface area contributed by atoms with Gasteiger partial charge in [-0.25, -0.2) is 0 Å². The van der Waals surface area contributed by atoms with Gasteiger partial charge in [0.25, 0.3) is 5.69 Å². The highest BCUT2D eigenvalue weighted by atomic mass is 16.6. The van der Waals surface area contributed by atoms with Crippen molar-refractivity contribution in [1.82, 2.24) is 4.57 Å². The Bertz CT molecular complexity index is 626. The smallest absolute Gasteiger partial charge is 0.272 e. The molecule has 0 aliphatic rings. The van der Waals surface area contributed by atoms with Crippen LogP contribution in [-0.4, -0.2) is 9.49 Å². The Morgan fingerprint density at radius 3 is 2.50 bits per heavy atom. The van der Waals surface area contributed by atoms with E-state index in [1.807, 2.05) is 10.6 Å². The van der Waals surface area contributed by atoms with Gasteiger partial charge in [0.1, 0.15) is 0 Å². The summed E-state index contributed by atoms with van der Waals surface area (Å²) in [7, 11) is 0. The van der Waals surface area contributed by atoms with Crippen LogP contribution in [0, 0.1) is 17.0 Å². The molecule has 0 N–H and O–H groups in total. The lowest BCUT2D eigenvalue weighted by Gasteiger charge is -2.08. The van der Waals surface area contributed by atoms with E-state index in [9.17, 15) is 14.9 Å². The van der Waals surface area contributed by atoms with Crippen LogP contribution in [0.3, 0.4) is 0 Å². The van der Waals surface area contributed by atoms with E-state index < -0.39 is 0 Å². The normalized spacial score (nSPS) is 10.3. The molecule has 18 heavy (non-hydrogen) atoms. The molecule has 0 spiro atoms. The molecule has 1 aromatic heterocycles. The van der Waals surface area contributed by atoms with Gasteiger partial charge in [-0.3, -0.25) is 14.9 Å². The fourth-order valence-electron chi connectivity index (χ4n) is 1.78. The SMILES string of the molecule is Cc1c(Cn2ccc(=O)cc2)cccc1[N+](=O)[O-]. The average molecular weight is 244 g/mol. The van der Waals surface area contributed by atoms with Gasteiger partial charge in [0.2, 0.25) is 0 Å². The molecule has 92 valence electrons. The first-order chi connectivity index (χ1) is 8.58. The third-order valence-corrected chi connectivity index (χ3v) is 2.83. The minimum atomic E-state index is -0.385. The van der Waals surface area contributed by atoms with Gasteiger partial charge in [-0.05, 0) is 12.5 Å². The zero-order valence-electron chi connectivity index (χ0n) is 9.87. The largest absolute Gasteiger partial charge is 0.350 e. The number of hydrogen-bond acceptors (Lipinski definition) is 3. The molecule has 0 saturated carbocycles. The quantitative estimate of drug-likeness (QED) is 0.613. The van der Waals surface area contributed by atoms with Crippen LogP contribution in [0.1, 0.15) is 11.1 Å². The van der Waals surface area contributed by atoms with Crippen LogP contribution in [0.15, 0.2) is 47.5 Å². The highest BCUT2D eigenvalue weighted by Gasteiger charge is 2.12. The molecule has 0 fully saturated rings. The van der Waals surface area contributed by atoms with Gasteiger partial charge in [0, 0.05) is 42.7 Å². The maximum absolute atomic E-state index is 11.0. The van der Waals surface area contributed by atoms with Gasteiger partial charge in [-0.2, -0.15) is 0 Å². The van der Waals surface area contributed by atoms with Crippen molar-refractivity contribution in [2.75, 3.05) is 0 Å². The Balaban J connectivity index is 2.35. The van der Waals surface area contributed by atoms with E-state index in [2.05, 4.69) is 0 Å². The van der Waals surface area contributed by atoms with E-state index in [1.165, 1.54) is 18.2 Å². The van der Waals surface area contributed by atoms with Crippen LogP contribution >= 0.6 is 0 Å². The summed E-state index contributed by atoms with van der Waals surface area (Å²) in [5.74, 6) is 0. The first-order valence-corrected chi connectivity index (χ1v) is 5.47. The van der Waals surface area contributed by atoms with Crippen molar-refractivity contribution >= 4 is 5.69 Å². The van der Waals surface area contributed by atoms with E-state index in [-0.39, 0.29) is 16.0 Å². The Kier molecular flexibility index (Phi) is 3.23. The maximum atomic E-state index is 11.0. The molecular weight excluding hydrogens is 232 g/mol. The second kappa shape index (κ2) is 4.83. The van der Waals surface area contributed by atoms with Crippen LogP contribution in [0.5, 0.6) is 0 Å². The molecule has 1 heterocycles. The Labute approximate surface area is 103 Å². The number of nitro groups is 1. The minimum absolute atomic E-state index is 0.0537. The van der Waals surface area contributed by atoms with Gasteiger partial charge in [-0.1, -0.05) is 12.1 Å². The molecule has 0 aliphatic heterocycles. The summed E-state index contributed by atoms with van der Waals surface area (Å²) < 4.78 is 1.81. The topological polar surface area (TPSA) is 65.1 Å². The number of hydrogen-bond donors (Lipinski definition) is 0. The molecule has 0 radical (unpaired) electrons. The number of nitrogens with zero attached hydrogens (tertiary/aromatic N) is 2. The summed E-state index contributed by atoms with van der Waals surface area (Å²) in [5.41, 5.74) is 1.59. The Hall–Kier alpha value is -2.43. The first-order valence-electron chi connectivity index (χ1n) is 5.47. The Morgan fingerprint density at radius 2 is 1.89 bits per heavy atom. The van der Waals surface area contributed by atoms with E-state index >= 15 is 0 Å². The average Bonchev–Trinajstić information content (AvgIpc) is 2.34. The van der Waals surface area contributed by atoms with Crippen LogP contribution in [0.2, 0.25) is 0 Å². The van der Waals surface area contributed by atoms with Crippen LogP contribution in [0.25, 0.3) is 0 Å². The fourth-order valence-corrected chi connectivity index (χ4v) is 1.78. The highest BCUT2D eigenvalue weighted by molar-refractivity contribution is 5.44. The van der Waals surface area contributed by atoms with Crippen LogP contribution in [-0.2, 0) is 6.54 Å². The summed E-state index contributed by atoms with van der Waals surface area (Å²) in [5, 5.41) is 10.8. The van der Waals surface area contributed by atoms with Crippen molar-refractivity contribution in [1.29, 1.82) is 0 Å². The molecule has 0 aliphatic carbocycles. The maximum Gasteiger partial charge on any atom is 0.272 e. The zero-order valence-corrected chi connectivity index (χ0v) is 9.87. The van der Waals surface area contributed by atoms with Crippen molar-refractivity contribution in [3.8, 4) is 0 Å². The molecule has 5 heteroatoms. The number of nitro benzene ring substituents is 1. The van der Waals surface area contributed by atoms with Crippen molar-refractivity contribution in [2.45, 2.75) is 13.5 Å². The predicted molar refractivity (Wildman–Crippen MR) is 67.6 cm³/mol. The van der Waals surface area contributed by atoms with E-state index in [4.69, 9.17) is 0 Å². The number of pyridine rings is 1. The van der Waals surface area contributed by atoms with E-state index in [0.717, 1.165) is 5.56 Å². The molecule has 0 amide bonds. The zero-order chi connectivity index (χ0) is 13.1. The van der Waals surface area contributed by atoms with Crippen molar-refractivity contribution in [3.63, 3.8) is 0 Å². The van der Waals surface area contributed by atoms with Crippen molar-refractivity contribution in [2.24, 2.45) is 0 Å². The second-order valence-corrected chi connectivity index (χ2v) is 4.02. The molecule has 0 bridgehead atoms. The van der Waals surface area contributed by atoms with Gasteiger partial charge >= 0.3 is 0 Å². The summed E-state index contributed by atoms with van der Waals surface area (Å²) >= 11 is 0. The fraction of sp³-hybridized carbons (Fsp3) is 0.154. The summed E-state index contributed by atoms with van der Waals surface area (Å²) in [6, 6.07) is 7.94. The third kappa shape index (κ3) is 2.45. The number of aromatic nitrogens is 1. The lowest BCUT2D eigenvalue weighted by Crippen LogP contribution is -2.06. The van der Waals surface area contributed by atoms with Crippen LogP contribution < -0.4 is 5.43 Å². The molecule has 2 aromatic rings. The summed E-state index contributed by atoms with van der Waals surface area (Å²) in [4.78, 5) is 21.4. The third-order valence-electron chi connectivity index (χ3n) is 2.83. The highest BCUT2D eigenvalue weighted by Crippen LogP contribution is 2.21. The van der Waals surface area contributed by atoms with E-state index in [0.29, 0.717) is 12.1 Å². The molecule has 1 aromatic carbocycles. The minimum Gasteiger partial charge on any atom is -0.350 e. The van der Waals surface area contributed by atoms with Crippen molar-refractivity contribution in [3.05, 3.63) is 74.2 Å². The molecule has 5 nitrogen and oxygen atoms in total. The monoisotopic (exact) mass is 244 g/mol. The molecular formula is C13H12N2O3. The molecule has 0 unspecified atom stereocenters. The van der Waals surface area contributed by atoms with Crippen LogP contribution in [0.4, 0.5) is 5.69 Å². The lowest BCUT2D eigenvalue weighted by molar-refractivity contribution is -0.385. The van der Waals surface area contributed by atoms with Gasteiger partial charge in [0.15, 0.2) is 5.43 Å². The number of benzene rings is 1. The van der Waals surface area contributed by atoms with Crippen molar-refractivity contribution < 1.29 is 4.92 Å². The molecule has 0 atom stereocenters. The lowest BCUT2D eigenvalue weighted by atomic mass is 10.1. The van der Waals surface area contributed by atoms with Gasteiger partial charge in [-0.15, -0.1) is 0 Å². The standard InChI is InChI=1S/C13H12N2O3/c1-10-11(3-2-4-13(10)15(17)18)9-14-7-5-12(16)6-8-14/h2-8H,9H2,1H3. The first kappa shape index (κ1) is 12.0. The van der Waals surface area contributed by atoms with Gasteiger partial charge < -0.3 is 4.57 Å². The second-order valence-electron chi connectivity index (χ2n) is 4.02. The Morgan fingerprint density at radius 1 is 1.22 bits per heavy atom. The summed E-state index contributed by atoms with van der Waals surface area (Å²) in [6.07, 6.45) is 3.33. The summed E-state index contributed by atoms with van der Waals surface area (Å²) in [6.45, 7) is 2.24.